The molecule has 1 saturated heterocycles. The zero-order chi connectivity index (χ0) is 11.8. The van der Waals surface area contributed by atoms with E-state index in [4.69, 9.17) is 15.6 Å². The fourth-order valence-electron chi connectivity index (χ4n) is 2.08. The summed E-state index contributed by atoms with van der Waals surface area (Å²) in [5.74, 6) is 0. The summed E-state index contributed by atoms with van der Waals surface area (Å²) in [6.45, 7) is 6.25. The Morgan fingerprint density at radius 3 is 3.06 bits per heavy atom. The fraction of sp³-hybridized carbons (Fsp3) is 1.00. The van der Waals surface area contributed by atoms with Crippen LogP contribution in [-0.4, -0.2) is 55.0 Å². The Labute approximate surface area is 98.8 Å². The van der Waals surface area contributed by atoms with Crippen LogP contribution in [0.3, 0.4) is 0 Å². The molecule has 4 heteroatoms. The molecule has 0 spiro atoms. The summed E-state index contributed by atoms with van der Waals surface area (Å²) in [5.41, 5.74) is 5.70. The van der Waals surface area contributed by atoms with Crippen LogP contribution < -0.4 is 5.73 Å². The van der Waals surface area contributed by atoms with Crippen molar-refractivity contribution < 1.29 is 9.84 Å². The Bertz CT molecular complexity index is 178. The van der Waals surface area contributed by atoms with E-state index in [1.165, 1.54) is 12.8 Å². The van der Waals surface area contributed by atoms with Gasteiger partial charge in [-0.2, -0.15) is 0 Å². The molecule has 1 aliphatic heterocycles. The monoisotopic (exact) mass is 230 g/mol. The smallest absolute Gasteiger partial charge is 0.0702 e. The largest absolute Gasteiger partial charge is 0.395 e. The number of nitrogens with zero attached hydrogens (tertiary/aromatic N) is 1. The third kappa shape index (κ3) is 5.25. The number of piperidine rings is 1. The highest BCUT2D eigenvalue weighted by Crippen LogP contribution is 2.13. The summed E-state index contributed by atoms with van der Waals surface area (Å²) in [6, 6.07) is -0.0723. The molecule has 1 heterocycles. The van der Waals surface area contributed by atoms with Crippen molar-refractivity contribution in [2.75, 3.05) is 32.8 Å². The molecule has 0 amide bonds. The van der Waals surface area contributed by atoms with E-state index in [-0.39, 0.29) is 12.6 Å². The van der Waals surface area contributed by atoms with E-state index >= 15 is 0 Å². The molecule has 0 saturated carbocycles. The Morgan fingerprint density at radius 2 is 2.38 bits per heavy atom. The van der Waals surface area contributed by atoms with Crippen LogP contribution in [0.1, 0.15) is 32.6 Å². The van der Waals surface area contributed by atoms with Gasteiger partial charge in [0.1, 0.15) is 0 Å². The molecule has 0 aromatic heterocycles. The van der Waals surface area contributed by atoms with Gasteiger partial charge in [0.05, 0.1) is 12.7 Å². The first kappa shape index (κ1) is 13.9. The van der Waals surface area contributed by atoms with Gasteiger partial charge in [0.25, 0.3) is 0 Å². The highest BCUT2D eigenvalue weighted by molar-refractivity contribution is 4.74. The average molecular weight is 230 g/mol. The molecule has 96 valence electrons. The first-order valence-corrected chi connectivity index (χ1v) is 6.46. The van der Waals surface area contributed by atoms with E-state index in [1.54, 1.807) is 0 Å². The lowest BCUT2D eigenvalue weighted by Gasteiger charge is -2.33. The first-order chi connectivity index (χ1) is 7.76. The van der Waals surface area contributed by atoms with Crippen molar-refractivity contribution in [2.45, 2.75) is 44.8 Å². The molecule has 1 fully saturated rings. The maximum Gasteiger partial charge on any atom is 0.0702 e. The SMILES string of the molecule is CCCOC1CCCN(CCC(N)CO)C1. The number of hydrogen-bond acceptors (Lipinski definition) is 4. The van der Waals surface area contributed by atoms with Crippen LogP contribution in [0.25, 0.3) is 0 Å². The van der Waals surface area contributed by atoms with Crippen molar-refractivity contribution >= 4 is 0 Å². The van der Waals surface area contributed by atoms with Crippen LogP contribution in [0.2, 0.25) is 0 Å². The minimum absolute atomic E-state index is 0.0723. The molecule has 3 N–H and O–H groups in total. The lowest BCUT2D eigenvalue weighted by Crippen LogP contribution is -2.42. The molecular weight excluding hydrogens is 204 g/mol. The molecule has 0 radical (unpaired) electrons. The van der Waals surface area contributed by atoms with Crippen LogP contribution in [-0.2, 0) is 4.74 Å². The van der Waals surface area contributed by atoms with Crippen LogP contribution in [0, 0.1) is 0 Å². The minimum atomic E-state index is -0.0723. The molecule has 1 aliphatic rings. The Kier molecular flexibility index (Phi) is 6.96. The van der Waals surface area contributed by atoms with Crippen molar-refractivity contribution in [3.63, 3.8) is 0 Å². The number of ether oxygens (including phenoxy) is 1. The lowest BCUT2D eigenvalue weighted by atomic mass is 10.1. The van der Waals surface area contributed by atoms with E-state index in [0.717, 1.165) is 39.1 Å². The lowest BCUT2D eigenvalue weighted by molar-refractivity contribution is -0.000929. The summed E-state index contributed by atoms with van der Waals surface area (Å²) in [4.78, 5) is 2.40. The second-order valence-corrected chi connectivity index (χ2v) is 4.67. The van der Waals surface area contributed by atoms with E-state index in [0.29, 0.717) is 6.10 Å². The summed E-state index contributed by atoms with van der Waals surface area (Å²) in [7, 11) is 0. The van der Waals surface area contributed by atoms with Gasteiger partial charge in [-0.1, -0.05) is 6.92 Å². The number of hydrogen-bond donors (Lipinski definition) is 2. The Hall–Kier alpha value is -0.160. The zero-order valence-electron chi connectivity index (χ0n) is 10.4. The van der Waals surface area contributed by atoms with Crippen molar-refractivity contribution in [3.05, 3.63) is 0 Å². The summed E-state index contributed by atoms with van der Waals surface area (Å²) in [6.07, 6.45) is 4.76. The normalized spacial score (nSPS) is 24.6. The van der Waals surface area contributed by atoms with Crippen LogP contribution in [0.5, 0.6) is 0 Å². The quantitative estimate of drug-likeness (QED) is 0.672. The first-order valence-electron chi connectivity index (χ1n) is 6.46. The maximum atomic E-state index is 8.86. The van der Waals surface area contributed by atoms with Gasteiger partial charge in [0.15, 0.2) is 0 Å². The standard InChI is InChI=1S/C12H26N2O2/c1-2-8-16-12-4-3-6-14(9-12)7-5-11(13)10-15/h11-12,15H,2-10,13H2,1H3. The predicted octanol–water partition coefficient (Wildman–Crippen LogP) is 0.587. The third-order valence-corrected chi connectivity index (χ3v) is 3.07. The summed E-state index contributed by atoms with van der Waals surface area (Å²) in [5, 5.41) is 8.86. The maximum absolute atomic E-state index is 8.86. The van der Waals surface area contributed by atoms with Gasteiger partial charge in [0, 0.05) is 19.2 Å². The molecule has 0 aromatic rings. The van der Waals surface area contributed by atoms with Gasteiger partial charge >= 0.3 is 0 Å². The Morgan fingerprint density at radius 1 is 1.56 bits per heavy atom. The van der Waals surface area contributed by atoms with E-state index in [9.17, 15) is 0 Å². The third-order valence-electron chi connectivity index (χ3n) is 3.07. The van der Waals surface area contributed by atoms with Crippen molar-refractivity contribution in [1.29, 1.82) is 0 Å². The topological polar surface area (TPSA) is 58.7 Å². The summed E-state index contributed by atoms with van der Waals surface area (Å²) >= 11 is 0. The van der Waals surface area contributed by atoms with Crippen LogP contribution in [0.15, 0.2) is 0 Å². The zero-order valence-corrected chi connectivity index (χ0v) is 10.4. The fourth-order valence-corrected chi connectivity index (χ4v) is 2.08. The molecule has 4 nitrogen and oxygen atoms in total. The van der Waals surface area contributed by atoms with E-state index < -0.39 is 0 Å². The number of nitrogens with two attached hydrogens (primary N) is 1. The highest BCUT2D eigenvalue weighted by atomic mass is 16.5. The molecule has 16 heavy (non-hydrogen) atoms. The molecule has 0 aliphatic carbocycles. The van der Waals surface area contributed by atoms with Crippen LogP contribution >= 0.6 is 0 Å². The predicted molar refractivity (Wildman–Crippen MR) is 65.4 cm³/mol. The van der Waals surface area contributed by atoms with Gasteiger partial charge < -0.3 is 20.5 Å². The van der Waals surface area contributed by atoms with Crippen molar-refractivity contribution in [2.24, 2.45) is 5.73 Å². The van der Waals surface area contributed by atoms with E-state index in [1.807, 2.05) is 0 Å². The summed E-state index contributed by atoms with van der Waals surface area (Å²) < 4.78 is 5.77. The second kappa shape index (κ2) is 8.01. The number of likely N-dealkylation sites (tertiary alicyclic amines) is 1. The van der Waals surface area contributed by atoms with E-state index in [2.05, 4.69) is 11.8 Å². The number of aliphatic hydroxyl groups is 1. The van der Waals surface area contributed by atoms with Gasteiger partial charge in [0.2, 0.25) is 0 Å². The molecular formula is C12H26N2O2. The van der Waals surface area contributed by atoms with Gasteiger partial charge in [-0.15, -0.1) is 0 Å². The average Bonchev–Trinajstić information content (AvgIpc) is 2.34. The molecule has 0 aromatic carbocycles. The number of rotatable bonds is 7. The number of aliphatic hydroxyl groups excluding tert-OH is 1. The molecule has 2 atom stereocenters. The minimum Gasteiger partial charge on any atom is -0.395 e. The van der Waals surface area contributed by atoms with Crippen molar-refractivity contribution in [1.82, 2.24) is 4.90 Å². The van der Waals surface area contributed by atoms with Gasteiger partial charge in [-0.25, -0.2) is 0 Å². The Balaban J connectivity index is 2.17. The molecule has 1 rings (SSSR count). The molecule has 0 bridgehead atoms. The molecule has 2 unspecified atom stereocenters. The van der Waals surface area contributed by atoms with Crippen molar-refractivity contribution in [3.8, 4) is 0 Å². The van der Waals surface area contributed by atoms with Gasteiger partial charge in [-0.05, 0) is 38.8 Å². The second-order valence-electron chi connectivity index (χ2n) is 4.67. The van der Waals surface area contributed by atoms with Crippen LogP contribution in [0.4, 0.5) is 0 Å². The van der Waals surface area contributed by atoms with Gasteiger partial charge in [-0.3, -0.25) is 0 Å². The highest BCUT2D eigenvalue weighted by Gasteiger charge is 2.20.